The molecule has 3 nitrogen and oxygen atoms in total. The van der Waals surface area contributed by atoms with Crippen LogP contribution in [0.4, 0.5) is 5.95 Å². The van der Waals surface area contributed by atoms with Gasteiger partial charge in [0.1, 0.15) is 5.03 Å². The van der Waals surface area contributed by atoms with E-state index in [1.165, 1.54) is 35.3 Å². The Hall–Kier alpha value is -1.55. The van der Waals surface area contributed by atoms with Crippen LogP contribution in [0.1, 0.15) is 24.5 Å². The monoisotopic (exact) mass is 271 g/mol. The predicted octanol–water partition coefficient (Wildman–Crippen LogP) is 3.55. The van der Waals surface area contributed by atoms with Crippen LogP contribution in [0, 0.1) is 0 Å². The van der Waals surface area contributed by atoms with Crippen molar-refractivity contribution in [1.82, 2.24) is 9.97 Å². The molecule has 0 saturated carbocycles. The molecule has 3 rings (SSSR count). The van der Waals surface area contributed by atoms with Crippen molar-refractivity contribution in [2.45, 2.75) is 36.1 Å². The number of nitrogens with zero attached hydrogens (tertiary/aromatic N) is 2. The van der Waals surface area contributed by atoms with Crippen molar-refractivity contribution in [3.05, 3.63) is 41.6 Å². The lowest BCUT2D eigenvalue weighted by Crippen LogP contribution is -2.01. The number of aromatic nitrogens is 2. The van der Waals surface area contributed by atoms with E-state index in [0.29, 0.717) is 5.95 Å². The molecule has 0 bridgehead atoms. The summed E-state index contributed by atoms with van der Waals surface area (Å²) < 4.78 is 0. The number of fused-ring (bicyclic) bond motifs is 1. The second-order valence-corrected chi connectivity index (χ2v) is 5.73. The second-order valence-electron chi connectivity index (χ2n) is 4.63. The summed E-state index contributed by atoms with van der Waals surface area (Å²) in [6.07, 6.45) is 5.55. The van der Waals surface area contributed by atoms with Gasteiger partial charge in [0.15, 0.2) is 0 Å². The van der Waals surface area contributed by atoms with E-state index in [4.69, 9.17) is 0 Å². The molecule has 0 spiro atoms. The molecule has 0 unspecified atom stereocenters. The summed E-state index contributed by atoms with van der Waals surface area (Å²) in [5, 5.41) is 4.13. The highest BCUT2D eigenvalue weighted by Gasteiger charge is 2.11. The summed E-state index contributed by atoms with van der Waals surface area (Å²) in [7, 11) is 0. The molecule has 98 valence electrons. The molecule has 19 heavy (non-hydrogen) atoms. The highest BCUT2D eigenvalue weighted by Crippen LogP contribution is 2.31. The number of nitrogens with one attached hydrogen (secondary N) is 1. The first-order chi connectivity index (χ1) is 9.35. The molecule has 4 heteroatoms. The Bertz CT molecular complexity index is 583. The van der Waals surface area contributed by atoms with Gasteiger partial charge < -0.3 is 5.32 Å². The number of hydrogen-bond donors (Lipinski definition) is 1. The lowest BCUT2D eigenvalue weighted by Gasteiger charge is -2.06. The second kappa shape index (κ2) is 5.61. The number of rotatable bonds is 4. The lowest BCUT2D eigenvalue weighted by atomic mass is 10.1. The molecule has 1 N–H and O–H groups in total. The van der Waals surface area contributed by atoms with Gasteiger partial charge in [-0.3, -0.25) is 0 Å². The van der Waals surface area contributed by atoms with Crippen LogP contribution >= 0.6 is 11.8 Å². The molecule has 1 aliphatic carbocycles. The fraction of sp³-hybridized carbons (Fsp3) is 0.333. The Labute approximate surface area is 117 Å². The molecule has 0 aliphatic heterocycles. The molecule has 0 saturated heterocycles. The van der Waals surface area contributed by atoms with Crippen LogP contribution in [-0.4, -0.2) is 16.5 Å². The van der Waals surface area contributed by atoms with Gasteiger partial charge in [0.25, 0.3) is 0 Å². The molecule has 0 amide bonds. The minimum atomic E-state index is 0.702. The van der Waals surface area contributed by atoms with Gasteiger partial charge in [0, 0.05) is 17.6 Å². The molecule has 1 aliphatic rings. The molecule has 0 atom stereocenters. The SMILES string of the molecule is CCNc1nccc(Sc2ccc3c(c2)CCC3)n1. The summed E-state index contributed by atoms with van der Waals surface area (Å²) in [5.41, 5.74) is 3.02. The standard InChI is InChI=1S/C15H17N3S/c1-2-16-15-17-9-8-14(18-15)19-13-7-6-11-4-3-5-12(11)10-13/h6-10H,2-5H2,1H3,(H,16,17,18). The Kier molecular flexibility index (Phi) is 3.69. The average Bonchev–Trinajstić information content (AvgIpc) is 2.87. The normalized spacial score (nSPS) is 13.3. The summed E-state index contributed by atoms with van der Waals surface area (Å²) in [5.74, 6) is 0.702. The van der Waals surface area contributed by atoms with Gasteiger partial charge in [0.2, 0.25) is 5.95 Å². The fourth-order valence-corrected chi connectivity index (χ4v) is 3.21. The molecule has 1 aromatic heterocycles. The van der Waals surface area contributed by atoms with E-state index in [1.54, 1.807) is 18.0 Å². The van der Waals surface area contributed by atoms with Gasteiger partial charge >= 0.3 is 0 Å². The fourth-order valence-electron chi connectivity index (χ4n) is 2.37. The molecule has 0 radical (unpaired) electrons. The van der Waals surface area contributed by atoms with Crippen molar-refractivity contribution >= 4 is 17.7 Å². The van der Waals surface area contributed by atoms with Crippen LogP contribution in [-0.2, 0) is 12.8 Å². The number of aryl methyl sites for hydroxylation is 2. The number of benzene rings is 1. The molecular formula is C15H17N3S. The van der Waals surface area contributed by atoms with Crippen LogP contribution < -0.4 is 5.32 Å². The number of hydrogen-bond acceptors (Lipinski definition) is 4. The van der Waals surface area contributed by atoms with Crippen molar-refractivity contribution in [1.29, 1.82) is 0 Å². The minimum absolute atomic E-state index is 0.702. The molecule has 1 aromatic carbocycles. The maximum Gasteiger partial charge on any atom is 0.223 e. The predicted molar refractivity (Wildman–Crippen MR) is 78.8 cm³/mol. The zero-order valence-corrected chi connectivity index (χ0v) is 11.8. The van der Waals surface area contributed by atoms with Crippen molar-refractivity contribution in [2.24, 2.45) is 0 Å². The highest BCUT2D eigenvalue weighted by atomic mass is 32.2. The third kappa shape index (κ3) is 2.89. The van der Waals surface area contributed by atoms with Crippen molar-refractivity contribution < 1.29 is 0 Å². The van der Waals surface area contributed by atoms with E-state index in [-0.39, 0.29) is 0 Å². The van der Waals surface area contributed by atoms with Crippen molar-refractivity contribution in [2.75, 3.05) is 11.9 Å². The van der Waals surface area contributed by atoms with Gasteiger partial charge in [-0.05, 0) is 55.5 Å². The van der Waals surface area contributed by atoms with Crippen LogP contribution in [0.2, 0.25) is 0 Å². The van der Waals surface area contributed by atoms with E-state index in [2.05, 4.69) is 33.5 Å². The zero-order valence-electron chi connectivity index (χ0n) is 11.0. The van der Waals surface area contributed by atoms with E-state index in [0.717, 1.165) is 11.6 Å². The quantitative estimate of drug-likeness (QED) is 0.863. The molecule has 1 heterocycles. The number of anilines is 1. The molecular weight excluding hydrogens is 254 g/mol. The summed E-state index contributed by atoms with van der Waals surface area (Å²) >= 11 is 1.70. The Balaban J connectivity index is 1.79. The largest absolute Gasteiger partial charge is 0.354 e. The van der Waals surface area contributed by atoms with Crippen LogP contribution in [0.5, 0.6) is 0 Å². The minimum Gasteiger partial charge on any atom is -0.354 e. The maximum atomic E-state index is 4.49. The van der Waals surface area contributed by atoms with Crippen LogP contribution in [0.25, 0.3) is 0 Å². The van der Waals surface area contributed by atoms with E-state index in [9.17, 15) is 0 Å². The Morgan fingerprint density at radius 2 is 2.11 bits per heavy atom. The molecule has 0 fully saturated rings. The van der Waals surface area contributed by atoms with Crippen molar-refractivity contribution in [3.8, 4) is 0 Å². The van der Waals surface area contributed by atoms with Gasteiger partial charge in [-0.2, -0.15) is 0 Å². The summed E-state index contributed by atoms with van der Waals surface area (Å²) in [6, 6.07) is 8.72. The topological polar surface area (TPSA) is 37.8 Å². The first kappa shape index (κ1) is 12.5. The highest BCUT2D eigenvalue weighted by molar-refractivity contribution is 7.99. The van der Waals surface area contributed by atoms with Crippen LogP contribution in [0.3, 0.4) is 0 Å². The Morgan fingerprint density at radius 3 is 3.00 bits per heavy atom. The van der Waals surface area contributed by atoms with E-state index >= 15 is 0 Å². The van der Waals surface area contributed by atoms with Gasteiger partial charge in [-0.15, -0.1) is 0 Å². The zero-order chi connectivity index (χ0) is 13.1. The third-order valence-electron chi connectivity index (χ3n) is 3.26. The summed E-state index contributed by atoms with van der Waals surface area (Å²) in [6.45, 7) is 2.89. The van der Waals surface area contributed by atoms with Gasteiger partial charge in [-0.1, -0.05) is 17.8 Å². The van der Waals surface area contributed by atoms with Crippen LogP contribution in [0.15, 0.2) is 40.4 Å². The van der Waals surface area contributed by atoms with Gasteiger partial charge in [0.05, 0.1) is 0 Å². The maximum absolute atomic E-state index is 4.49. The molecule has 2 aromatic rings. The van der Waals surface area contributed by atoms with E-state index < -0.39 is 0 Å². The first-order valence-corrected chi connectivity index (χ1v) is 7.53. The smallest absolute Gasteiger partial charge is 0.223 e. The average molecular weight is 271 g/mol. The third-order valence-corrected chi connectivity index (χ3v) is 4.18. The van der Waals surface area contributed by atoms with E-state index in [1.807, 2.05) is 13.0 Å². The Morgan fingerprint density at radius 1 is 1.21 bits per heavy atom. The van der Waals surface area contributed by atoms with Crippen molar-refractivity contribution in [3.63, 3.8) is 0 Å². The first-order valence-electron chi connectivity index (χ1n) is 6.72. The lowest BCUT2D eigenvalue weighted by molar-refractivity contribution is 0.911. The van der Waals surface area contributed by atoms with Gasteiger partial charge in [-0.25, -0.2) is 9.97 Å². The summed E-state index contributed by atoms with van der Waals surface area (Å²) in [4.78, 5) is 9.95.